The molecular weight excluding hydrogens is 314 g/mol. The Hall–Kier alpha value is -1.67. The van der Waals surface area contributed by atoms with E-state index in [9.17, 15) is 0 Å². The van der Waals surface area contributed by atoms with Crippen LogP contribution in [0.3, 0.4) is 0 Å². The number of nitrogens with zero attached hydrogens (tertiary/aromatic N) is 4. The SMILES string of the molecule is Nc1ncc(-c2nnc(N3CCOCC3)o2)cc1Br. The second kappa shape index (κ2) is 5.14. The van der Waals surface area contributed by atoms with Gasteiger partial charge in [0.1, 0.15) is 5.82 Å². The van der Waals surface area contributed by atoms with Crippen molar-refractivity contribution in [3.63, 3.8) is 0 Å². The molecule has 1 aliphatic heterocycles. The molecule has 1 saturated heterocycles. The van der Waals surface area contributed by atoms with Gasteiger partial charge in [-0.05, 0) is 22.0 Å². The predicted octanol–water partition coefficient (Wildman–Crippen LogP) is 1.31. The summed E-state index contributed by atoms with van der Waals surface area (Å²) in [6.07, 6.45) is 1.61. The summed E-state index contributed by atoms with van der Waals surface area (Å²) in [6.45, 7) is 2.86. The lowest BCUT2D eigenvalue weighted by atomic mass is 10.3. The summed E-state index contributed by atoms with van der Waals surface area (Å²) in [5.74, 6) is 0.853. The van der Waals surface area contributed by atoms with Gasteiger partial charge in [0, 0.05) is 19.3 Å². The van der Waals surface area contributed by atoms with Crippen LogP contribution in [0.2, 0.25) is 0 Å². The molecule has 0 unspecified atom stereocenters. The van der Waals surface area contributed by atoms with Crippen LogP contribution < -0.4 is 10.6 Å². The molecule has 2 N–H and O–H groups in total. The summed E-state index contributed by atoms with van der Waals surface area (Å²) in [6, 6.07) is 2.31. The monoisotopic (exact) mass is 325 g/mol. The number of morpholine rings is 1. The first-order valence-corrected chi connectivity index (χ1v) is 6.61. The van der Waals surface area contributed by atoms with E-state index in [1.165, 1.54) is 0 Å². The van der Waals surface area contributed by atoms with E-state index in [-0.39, 0.29) is 0 Å². The first kappa shape index (κ1) is 12.4. The van der Waals surface area contributed by atoms with Crippen LogP contribution in [0, 0.1) is 0 Å². The van der Waals surface area contributed by atoms with Crippen LogP contribution in [0.5, 0.6) is 0 Å². The lowest BCUT2D eigenvalue weighted by Gasteiger charge is -2.24. The average molecular weight is 326 g/mol. The quantitative estimate of drug-likeness (QED) is 0.890. The van der Waals surface area contributed by atoms with Crippen molar-refractivity contribution in [2.75, 3.05) is 36.9 Å². The molecule has 0 atom stereocenters. The van der Waals surface area contributed by atoms with E-state index in [2.05, 4.69) is 31.1 Å². The lowest BCUT2D eigenvalue weighted by molar-refractivity contribution is 0.120. The number of ether oxygens (including phenoxy) is 1. The maximum absolute atomic E-state index is 5.65. The fourth-order valence-corrected chi connectivity index (χ4v) is 2.13. The Morgan fingerprint density at radius 2 is 2.05 bits per heavy atom. The molecule has 0 spiro atoms. The van der Waals surface area contributed by atoms with Crippen LogP contribution in [0.4, 0.5) is 11.8 Å². The Morgan fingerprint density at radius 1 is 1.26 bits per heavy atom. The summed E-state index contributed by atoms with van der Waals surface area (Å²) in [5, 5.41) is 8.08. The third kappa shape index (κ3) is 2.54. The Balaban J connectivity index is 1.85. The van der Waals surface area contributed by atoms with Gasteiger partial charge in [-0.2, -0.15) is 0 Å². The van der Waals surface area contributed by atoms with Crippen molar-refractivity contribution in [1.29, 1.82) is 0 Å². The molecule has 3 rings (SSSR count). The smallest absolute Gasteiger partial charge is 0.318 e. The molecule has 19 heavy (non-hydrogen) atoms. The fourth-order valence-electron chi connectivity index (χ4n) is 1.78. The number of pyridine rings is 1. The van der Waals surface area contributed by atoms with Gasteiger partial charge in [0.25, 0.3) is 5.89 Å². The molecule has 2 aromatic rings. The molecule has 1 fully saturated rings. The van der Waals surface area contributed by atoms with Crippen molar-refractivity contribution in [1.82, 2.24) is 15.2 Å². The van der Waals surface area contributed by atoms with Gasteiger partial charge in [0.05, 0.1) is 23.2 Å². The zero-order valence-electron chi connectivity index (χ0n) is 10.0. The molecule has 0 radical (unpaired) electrons. The summed E-state index contributed by atoms with van der Waals surface area (Å²) in [4.78, 5) is 6.05. The number of hydrogen-bond donors (Lipinski definition) is 1. The number of halogens is 1. The largest absolute Gasteiger partial charge is 0.403 e. The molecule has 0 aromatic carbocycles. The van der Waals surface area contributed by atoms with Crippen molar-refractivity contribution in [3.05, 3.63) is 16.7 Å². The first-order valence-electron chi connectivity index (χ1n) is 5.81. The van der Waals surface area contributed by atoms with Crippen LogP contribution in [0.15, 0.2) is 21.2 Å². The molecule has 0 aliphatic carbocycles. The molecule has 0 bridgehead atoms. The third-order valence-electron chi connectivity index (χ3n) is 2.81. The van der Waals surface area contributed by atoms with E-state index >= 15 is 0 Å². The molecule has 100 valence electrons. The Kier molecular flexibility index (Phi) is 3.34. The van der Waals surface area contributed by atoms with E-state index < -0.39 is 0 Å². The van der Waals surface area contributed by atoms with Crippen LogP contribution in [-0.2, 0) is 4.74 Å². The summed E-state index contributed by atoms with van der Waals surface area (Å²) < 4.78 is 11.6. The van der Waals surface area contributed by atoms with Gasteiger partial charge >= 0.3 is 6.01 Å². The number of nitrogen functional groups attached to an aromatic ring is 1. The van der Waals surface area contributed by atoms with Gasteiger partial charge in [0.15, 0.2) is 0 Å². The number of aromatic nitrogens is 3. The molecule has 2 aromatic heterocycles. The highest BCUT2D eigenvalue weighted by Gasteiger charge is 2.18. The topological polar surface area (TPSA) is 90.3 Å². The number of hydrogen-bond acceptors (Lipinski definition) is 7. The summed E-state index contributed by atoms with van der Waals surface area (Å²) in [5.41, 5.74) is 6.37. The standard InChI is InChI=1S/C11H12BrN5O2/c12-8-5-7(6-14-9(8)13)10-15-16-11(19-10)17-1-3-18-4-2-17/h5-6H,1-4H2,(H2,13,14). The number of rotatable bonds is 2. The van der Waals surface area contributed by atoms with Gasteiger partial charge in [-0.1, -0.05) is 5.10 Å². The van der Waals surface area contributed by atoms with Crippen molar-refractivity contribution in [2.45, 2.75) is 0 Å². The van der Waals surface area contributed by atoms with Gasteiger partial charge < -0.3 is 19.8 Å². The predicted molar refractivity (Wildman–Crippen MR) is 72.7 cm³/mol. The Labute approximate surface area is 117 Å². The highest BCUT2D eigenvalue weighted by Crippen LogP contribution is 2.26. The maximum Gasteiger partial charge on any atom is 0.318 e. The summed E-state index contributed by atoms with van der Waals surface area (Å²) in [7, 11) is 0. The number of anilines is 2. The molecule has 0 amide bonds. The van der Waals surface area contributed by atoms with Crippen LogP contribution in [-0.4, -0.2) is 41.5 Å². The van der Waals surface area contributed by atoms with E-state index in [1.807, 2.05) is 4.90 Å². The third-order valence-corrected chi connectivity index (χ3v) is 3.45. The molecule has 8 heteroatoms. The zero-order chi connectivity index (χ0) is 13.2. The van der Waals surface area contributed by atoms with Gasteiger partial charge in [0.2, 0.25) is 0 Å². The highest BCUT2D eigenvalue weighted by atomic mass is 79.9. The van der Waals surface area contributed by atoms with E-state index in [0.717, 1.165) is 18.7 Å². The highest BCUT2D eigenvalue weighted by molar-refractivity contribution is 9.10. The van der Waals surface area contributed by atoms with Gasteiger partial charge in [-0.25, -0.2) is 4.98 Å². The van der Waals surface area contributed by atoms with Crippen molar-refractivity contribution < 1.29 is 9.15 Å². The minimum atomic E-state index is 0.426. The van der Waals surface area contributed by atoms with Crippen LogP contribution in [0.25, 0.3) is 11.5 Å². The molecule has 3 heterocycles. The van der Waals surface area contributed by atoms with Gasteiger partial charge in [-0.3, -0.25) is 0 Å². The normalized spacial score (nSPS) is 15.7. The second-order valence-corrected chi connectivity index (χ2v) is 4.93. The van der Waals surface area contributed by atoms with Crippen molar-refractivity contribution >= 4 is 27.8 Å². The zero-order valence-corrected chi connectivity index (χ0v) is 11.6. The molecule has 0 saturated carbocycles. The molecule has 1 aliphatic rings. The molecule has 7 nitrogen and oxygen atoms in total. The minimum absolute atomic E-state index is 0.426. The fraction of sp³-hybridized carbons (Fsp3) is 0.364. The Morgan fingerprint density at radius 3 is 2.79 bits per heavy atom. The minimum Gasteiger partial charge on any atom is -0.403 e. The van der Waals surface area contributed by atoms with Crippen molar-refractivity contribution in [2.24, 2.45) is 0 Å². The summed E-state index contributed by atoms with van der Waals surface area (Å²) >= 11 is 3.32. The van der Waals surface area contributed by atoms with Crippen molar-refractivity contribution in [3.8, 4) is 11.5 Å². The average Bonchev–Trinajstić information content (AvgIpc) is 2.93. The van der Waals surface area contributed by atoms with Gasteiger partial charge in [-0.15, -0.1) is 5.10 Å². The van der Waals surface area contributed by atoms with E-state index in [0.29, 0.717) is 35.4 Å². The molecular formula is C11H12BrN5O2. The van der Waals surface area contributed by atoms with E-state index in [1.54, 1.807) is 12.3 Å². The first-order chi connectivity index (χ1) is 9.24. The maximum atomic E-state index is 5.65. The second-order valence-electron chi connectivity index (χ2n) is 4.08. The van der Waals surface area contributed by atoms with Crippen LogP contribution >= 0.6 is 15.9 Å². The van der Waals surface area contributed by atoms with E-state index in [4.69, 9.17) is 14.9 Å². The lowest BCUT2D eigenvalue weighted by Crippen LogP contribution is -2.36. The number of nitrogens with two attached hydrogens (primary N) is 1. The van der Waals surface area contributed by atoms with Crippen LogP contribution in [0.1, 0.15) is 0 Å². The Bertz CT molecular complexity index is 582.